The number of carbonyl (C=O) groups is 2. The molecule has 188 valence electrons. The Balaban J connectivity index is -0.000000481. The van der Waals surface area contributed by atoms with Gasteiger partial charge in [0, 0.05) is 17.9 Å². The van der Waals surface area contributed by atoms with Gasteiger partial charge in [0.1, 0.15) is 5.78 Å². The highest BCUT2D eigenvalue weighted by atomic mass is 16.1. The number of Topliss-reactive ketones (excluding diaryl/α,β-unsaturated/α-hetero) is 2. The van der Waals surface area contributed by atoms with Crippen molar-refractivity contribution in [1.29, 1.82) is 0 Å². The lowest BCUT2D eigenvalue weighted by molar-refractivity contribution is -0.124. The van der Waals surface area contributed by atoms with Crippen molar-refractivity contribution in [3.8, 4) is 0 Å². The quantitative estimate of drug-likeness (QED) is 0.281. The predicted molar refractivity (Wildman–Crippen MR) is 145 cm³/mol. The molecule has 1 rings (SSSR count). The van der Waals surface area contributed by atoms with E-state index in [2.05, 4.69) is 34.6 Å². The molecule has 2 nitrogen and oxygen atoms in total. The van der Waals surface area contributed by atoms with Crippen molar-refractivity contribution >= 4 is 11.6 Å². The molecular weight excluding hydrogens is 392 g/mol. The van der Waals surface area contributed by atoms with E-state index in [1.807, 2.05) is 52.0 Å². The van der Waals surface area contributed by atoms with Crippen molar-refractivity contribution < 1.29 is 9.59 Å². The van der Waals surface area contributed by atoms with Gasteiger partial charge in [0.2, 0.25) is 0 Å². The second kappa shape index (κ2) is 25.8. The minimum Gasteiger partial charge on any atom is -0.299 e. The molecule has 0 aliphatic rings. The average Bonchev–Trinajstić information content (AvgIpc) is 2.82. The van der Waals surface area contributed by atoms with Crippen LogP contribution in [0.15, 0.2) is 24.3 Å². The van der Waals surface area contributed by atoms with Crippen molar-refractivity contribution in [2.24, 2.45) is 11.8 Å². The molecule has 1 aromatic rings. The van der Waals surface area contributed by atoms with Crippen LogP contribution in [0.25, 0.3) is 0 Å². The van der Waals surface area contributed by atoms with Gasteiger partial charge in [0.05, 0.1) is 0 Å². The summed E-state index contributed by atoms with van der Waals surface area (Å²) < 4.78 is 0. The van der Waals surface area contributed by atoms with Gasteiger partial charge in [-0.25, -0.2) is 0 Å². The summed E-state index contributed by atoms with van der Waals surface area (Å²) in [7, 11) is 0. The first-order chi connectivity index (χ1) is 15.4. The first-order valence-electron chi connectivity index (χ1n) is 13.6. The van der Waals surface area contributed by atoms with E-state index < -0.39 is 0 Å². The molecular formula is C30H56O2. The van der Waals surface area contributed by atoms with Crippen molar-refractivity contribution in [1.82, 2.24) is 0 Å². The normalized spacial score (nSPS) is 9.75. The molecule has 0 aromatic heterocycles. The molecule has 0 bridgehead atoms. The highest BCUT2D eigenvalue weighted by Crippen LogP contribution is 2.23. The molecule has 0 saturated heterocycles. The molecule has 0 aliphatic heterocycles. The van der Waals surface area contributed by atoms with Crippen molar-refractivity contribution in [3.05, 3.63) is 35.4 Å². The standard InChI is InChI=1S/C16H32O.C10H12O.2C2H6/c1-5-9-14(10-6-2)13-16(17)15(11-7-3)12-8-4;1-3-9-4-6-10(7-5-9)8(2)11;2*1-2/h14-15H,5-13H2,1-4H3;4-7H,3H2,1-2H3;2*1-2H3. The molecule has 1 aromatic carbocycles. The molecule has 0 N–H and O–H groups in total. The van der Waals surface area contributed by atoms with E-state index in [0.717, 1.165) is 44.1 Å². The summed E-state index contributed by atoms with van der Waals surface area (Å²) in [5.41, 5.74) is 2.07. The van der Waals surface area contributed by atoms with Crippen molar-refractivity contribution in [3.63, 3.8) is 0 Å². The largest absolute Gasteiger partial charge is 0.299 e. The summed E-state index contributed by atoms with van der Waals surface area (Å²) >= 11 is 0. The highest BCUT2D eigenvalue weighted by molar-refractivity contribution is 5.94. The fraction of sp³-hybridized carbons (Fsp3) is 0.733. The Morgan fingerprint density at radius 3 is 1.41 bits per heavy atom. The first kappa shape index (κ1) is 35.2. The summed E-state index contributed by atoms with van der Waals surface area (Å²) in [6.07, 6.45) is 11.2. The van der Waals surface area contributed by atoms with Crippen LogP contribution in [0.4, 0.5) is 0 Å². The van der Waals surface area contributed by atoms with Gasteiger partial charge < -0.3 is 0 Å². The number of aryl methyl sites for hydroxylation is 1. The Hall–Kier alpha value is -1.44. The highest BCUT2D eigenvalue weighted by Gasteiger charge is 2.20. The zero-order chi connectivity index (χ0) is 25.4. The van der Waals surface area contributed by atoms with Crippen LogP contribution in [0.2, 0.25) is 0 Å². The Morgan fingerprint density at radius 1 is 0.688 bits per heavy atom. The maximum atomic E-state index is 12.3. The molecule has 0 heterocycles. The SMILES string of the molecule is CC.CC.CCCC(CCC)CC(=O)C(CCC)CCC.CCc1ccc(C(C)=O)cc1. The van der Waals surface area contributed by atoms with Gasteiger partial charge in [-0.1, -0.05) is 125 Å². The van der Waals surface area contributed by atoms with Crippen molar-refractivity contribution in [2.75, 3.05) is 0 Å². The van der Waals surface area contributed by atoms with Crippen LogP contribution in [0.5, 0.6) is 0 Å². The molecule has 0 amide bonds. The van der Waals surface area contributed by atoms with E-state index >= 15 is 0 Å². The summed E-state index contributed by atoms with van der Waals surface area (Å²) in [5, 5.41) is 0. The summed E-state index contributed by atoms with van der Waals surface area (Å²) in [6, 6.07) is 7.75. The third-order valence-corrected chi connectivity index (χ3v) is 5.38. The fourth-order valence-electron chi connectivity index (χ4n) is 3.75. The zero-order valence-electron chi connectivity index (χ0n) is 23.4. The van der Waals surface area contributed by atoms with E-state index in [4.69, 9.17) is 0 Å². The van der Waals surface area contributed by atoms with E-state index in [-0.39, 0.29) is 5.78 Å². The van der Waals surface area contributed by atoms with E-state index in [0.29, 0.717) is 17.6 Å². The van der Waals surface area contributed by atoms with Crippen LogP contribution in [0.3, 0.4) is 0 Å². The number of rotatable bonds is 13. The second-order valence-electron chi connectivity index (χ2n) is 7.99. The molecule has 32 heavy (non-hydrogen) atoms. The Bertz CT molecular complexity index is 518. The van der Waals surface area contributed by atoms with Crippen LogP contribution in [-0.4, -0.2) is 11.6 Å². The van der Waals surface area contributed by atoms with E-state index in [1.165, 1.54) is 31.2 Å². The van der Waals surface area contributed by atoms with Gasteiger partial charge in [-0.3, -0.25) is 9.59 Å². The fourth-order valence-corrected chi connectivity index (χ4v) is 3.75. The maximum absolute atomic E-state index is 12.3. The lowest BCUT2D eigenvalue weighted by Gasteiger charge is -2.19. The number of hydrogen-bond donors (Lipinski definition) is 0. The van der Waals surface area contributed by atoms with E-state index in [1.54, 1.807) is 6.92 Å². The van der Waals surface area contributed by atoms with Gasteiger partial charge in [0.15, 0.2) is 5.78 Å². The predicted octanol–water partition coefficient (Wildman–Crippen LogP) is 9.88. The Labute approximate surface area is 202 Å². The van der Waals surface area contributed by atoms with E-state index in [9.17, 15) is 9.59 Å². The smallest absolute Gasteiger partial charge is 0.159 e. The molecule has 2 heteroatoms. The monoisotopic (exact) mass is 448 g/mol. The van der Waals surface area contributed by atoms with Crippen LogP contribution >= 0.6 is 0 Å². The van der Waals surface area contributed by atoms with Gasteiger partial charge in [-0.2, -0.15) is 0 Å². The number of benzene rings is 1. The number of hydrogen-bond acceptors (Lipinski definition) is 2. The van der Waals surface area contributed by atoms with Gasteiger partial charge >= 0.3 is 0 Å². The second-order valence-corrected chi connectivity index (χ2v) is 7.99. The molecule has 0 radical (unpaired) electrons. The Morgan fingerprint density at radius 2 is 1.09 bits per heavy atom. The molecule has 0 aliphatic carbocycles. The van der Waals surface area contributed by atoms with Crippen molar-refractivity contribution in [2.45, 2.75) is 133 Å². The van der Waals surface area contributed by atoms with Gasteiger partial charge in [-0.05, 0) is 37.7 Å². The third kappa shape index (κ3) is 18.2. The molecule has 0 spiro atoms. The minimum atomic E-state index is 0.132. The topological polar surface area (TPSA) is 34.1 Å². The average molecular weight is 449 g/mol. The number of carbonyl (C=O) groups excluding carboxylic acids is 2. The zero-order valence-corrected chi connectivity index (χ0v) is 23.4. The molecule has 0 saturated carbocycles. The molecule has 0 fully saturated rings. The lowest BCUT2D eigenvalue weighted by atomic mass is 9.85. The third-order valence-electron chi connectivity index (χ3n) is 5.38. The lowest BCUT2D eigenvalue weighted by Crippen LogP contribution is -2.18. The summed E-state index contributed by atoms with van der Waals surface area (Å²) in [5.74, 6) is 1.67. The Kier molecular flexibility index (Phi) is 28.4. The van der Waals surface area contributed by atoms with Gasteiger partial charge in [-0.15, -0.1) is 0 Å². The summed E-state index contributed by atoms with van der Waals surface area (Å²) in [4.78, 5) is 23.1. The van der Waals surface area contributed by atoms with Crippen LogP contribution in [0.1, 0.15) is 143 Å². The maximum Gasteiger partial charge on any atom is 0.159 e. The van der Waals surface area contributed by atoms with Crippen LogP contribution < -0.4 is 0 Å². The molecule has 0 atom stereocenters. The summed E-state index contributed by atoms with van der Waals surface area (Å²) in [6.45, 7) is 20.5. The first-order valence-corrected chi connectivity index (χ1v) is 13.6. The number of ketones is 2. The molecule has 0 unspecified atom stereocenters. The van der Waals surface area contributed by atoms with Gasteiger partial charge in [0.25, 0.3) is 0 Å². The van der Waals surface area contributed by atoms with Crippen LogP contribution in [-0.2, 0) is 11.2 Å². The minimum absolute atomic E-state index is 0.132. The van der Waals surface area contributed by atoms with Crippen LogP contribution in [0, 0.1) is 11.8 Å².